The summed E-state index contributed by atoms with van der Waals surface area (Å²) in [4.78, 5) is 22.4. The molecule has 1 N–H and O–H groups in total. The van der Waals surface area contributed by atoms with Crippen molar-refractivity contribution >= 4 is 27.2 Å². The van der Waals surface area contributed by atoms with Crippen molar-refractivity contribution in [3.8, 4) is 0 Å². The van der Waals surface area contributed by atoms with Gasteiger partial charge in [0.1, 0.15) is 17.3 Å². The van der Waals surface area contributed by atoms with E-state index in [-0.39, 0.29) is 23.2 Å². The summed E-state index contributed by atoms with van der Waals surface area (Å²) in [7, 11) is -3.00. The summed E-state index contributed by atoms with van der Waals surface area (Å²) in [6.45, 7) is 2.50. The largest absolute Gasteiger partial charge is 0.352 e. The molecule has 138 valence electrons. The summed E-state index contributed by atoms with van der Waals surface area (Å²) >= 11 is 0. The molecule has 1 amide bonds. The third-order valence-electron chi connectivity index (χ3n) is 4.24. The summed E-state index contributed by atoms with van der Waals surface area (Å²) in [5, 5.41) is 2.55. The van der Waals surface area contributed by atoms with E-state index in [1.54, 1.807) is 6.07 Å². The number of hydrogen-bond donors (Lipinski definition) is 1. The van der Waals surface area contributed by atoms with E-state index in [2.05, 4.69) is 15.3 Å². The Hall–Kier alpha value is -2.55. The van der Waals surface area contributed by atoms with E-state index in [0.29, 0.717) is 24.5 Å². The standard InChI is InChI=1S/C17H19FN4O3S/c1-2-22(14-6-7-26(24,25)11-14)16-10-19-15(9-20-16)17(23)21-13-5-3-4-12(18)8-13/h3-5,8-10,14H,2,6-7,11H2,1H3,(H,21,23). The van der Waals surface area contributed by atoms with Gasteiger partial charge < -0.3 is 10.2 Å². The van der Waals surface area contributed by atoms with Crippen molar-refractivity contribution in [3.63, 3.8) is 0 Å². The van der Waals surface area contributed by atoms with E-state index in [1.807, 2.05) is 11.8 Å². The summed E-state index contributed by atoms with van der Waals surface area (Å²) in [6, 6.07) is 5.42. The van der Waals surface area contributed by atoms with Gasteiger partial charge in [0, 0.05) is 18.3 Å². The minimum Gasteiger partial charge on any atom is -0.352 e. The fourth-order valence-electron chi connectivity index (χ4n) is 2.98. The van der Waals surface area contributed by atoms with Crippen LogP contribution in [-0.2, 0) is 9.84 Å². The fraction of sp³-hybridized carbons (Fsp3) is 0.353. The maximum absolute atomic E-state index is 13.2. The van der Waals surface area contributed by atoms with Gasteiger partial charge in [-0.15, -0.1) is 0 Å². The highest BCUT2D eigenvalue weighted by Gasteiger charge is 2.32. The van der Waals surface area contributed by atoms with E-state index in [4.69, 9.17) is 0 Å². The van der Waals surface area contributed by atoms with Crippen LogP contribution in [0.4, 0.5) is 15.9 Å². The number of aromatic nitrogens is 2. The van der Waals surface area contributed by atoms with Crippen LogP contribution >= 0.6 is 0 Å². The maximum atomic E-state index is 13.2. The normalized spacial score (nSPS) is 18.5. The summed E-state index contributed by atoms with van der Waals surface area (Å²) < 4.78 is 36.6. The van der Waals surface area contributed by atoms with Crippen molar-refractivity contribution in [2.75, 3.05) is 28.3 Å². The highest BCUT2D eigenvalue weighted by atomic mass is 32.2. The Morgan fingerprint density at radius 1 is 1.35 bits per heavy atom. The Morgan fingerprint density at radius 3 is 2.73 bits per heavy atom. The highest BCUT2D eigenvalue weighted by Crippen LogP contribution is 2.22. The van der Waals surface area contributed by atoms with Gasteiger partial charge in [-0.05, 0) is 31.5 Å². The SMILES string of the molecule is CCN(c1cnc(C(=O)Nc2cccc(F)c2)cn1)C1CCS(=O)(=O)C1. The van der Waals surface area contributed by atoms with Crippen molar-refractivity contribution in [1.29, 1.82) is 0 Å². The molecule has 26 heavy (non-hydrogen) atoms. The average molecular weight is 378 g/mol. The van der Waals surface area contributed by atoms with Gasteiger partial charge in [0.2, 0.25) is 0 Å². The van der Waals surface area contributed by atoms with E-state index >= 15 is 0 Å². The molecule has 3 rings (SSSR count). The van der Waals surface area contributed by atoms with Crippen molar-refractivity contribution in [2.24, 2.45) is 0 Å². The summed E-state index contributed by atoms with van der Waals surface area (Å²) in [5.74, 6) is -0.146. The first kappa shape index (κ1) is 18.2. The molecular weight excluding hydrogens is 359 g/mol. The molecule has 1 aliphatic rings. The molecule has 0 saturated carbocycles. The van der Waals surface area contributed by atoms with Crippen molar-refractivity contribution < 1.29 is 17.6 Å². The zero-order valence-electron chi connectivity index (χ0n) is 14.2. The van der Waals surface area contributed by atoms with Crippen LogP contribution < -0.4 is 10.2 Å². The lowest BCUT2D eigenvalue weighted by Gasteiger charge is -2.27. The summed E-state index contributed by atoms with van der Waals surface area (Å²) in [5.41, 5.74) is 0.417. The minimum absolute atomic E-state index is 0.0908. The number of amides is 1. The minimum atomic E-state index is -3.00. The molecule has 0 bridgehead atoms. The van der Waals surface area contributed by atoms with Crippen LogP contribution in [0.3, 0.4) is 0 Å². The number of halogens is 1. The third kappa shape index (κ3) is 4.16. The zero-order chi connectivity index (χ0) is 18.7. The second-order valence-corrected chi connectivity index (χ2v) is 8.30. The molecule has 1 aromatic heterocycles. The van der Waals surface area contributed by atoms with Gasteiger partial charge in [-0.2, -0.15) is 0 Å². The predicted octanol–water partition coefficient (Wildman–Crippen LogP) is 1.88. The van der Waals surface area contributed by atoms with Crippen LogP contribution in [0, 0.1) is 5.82 Å². The smallest absolute Gasteiger partial charge is 0.275 e. The molecular formula is C17H19FN4O3S. The van der Waals surface area contributed by atoms with Crippen LogP contribution in [0.2, 0.25) is 0 Å². The second kappa shape index (κ2) is 7.36. The third-order valence-corrected chi connectivity index (χ3v) is 5.99. The Bertz CT molecular complexity index is 902. The Kier molecular flexibility index (Phi) is 5.17. The van der Waals surface area contributed by atoms with E-state index in [1.165, 1.54) is 30.6 Å². The fourth-order valence-corrected chi connectivity index (χ4v) is 4.71. The number of sulfone groups is 1. The number of carbonyl (C=O) groups excluding carboxylic acids is 1. The molecule has 7 nitrogen and oxygen atoms in total. The Labute approximate surface area is 151 Å². The molecule has 1 atom stereocenters. The van der Waals surface area contributed by atoms with Gasteiger partial charge in [-0.3, -0.25) is 4.79 Å². The molecule has 1 aromatic carbocycles. The first-order valence-corrected chi connectivity index (χ1v) is 10.1. The Balaban J connectivity index is 1.72. The van der Waals surface area contributed by atoms with Crippen molar-refractivity contribution in [1.82, 2.24) is 9.97 Å². The van der Waals surface area contributed by atoms with Crippen molar-refractivity contribution in [2.45, 2.75) is 19.4 Å². The molecule has 1 unspecified atom stereocenters. The maximum Gasteiger partial charge on any atom is 0.275 e. The molecule has 1 fully saturated rings. The monoisotopic (exact) mass is 378 g/mol. The average Bonchev–Trinajstić information content (AvgIpc) is 2.96. The number of hydrogen-bond acceptors (Lipinski definition) is 6. The van der Waals surface area contributed by atoms with Crippen LogP contribution in [0.25, 0.3) is 0 Å². The van der Waals surface area contributed by atoms with Gasteiger partial charge in [-0.1, -0.05) is 6.07 Å². The number of nitrogens with one attached hydrogen (secondary N) is 1. The first-order valence-electron chi connectivity index (χ1n) is 8.24. The molecule has 1 saturated heterocycles. The molecule has 1 aliphatic heterocycles. The lowest BCUT2D eigenvalue weighted by molar-refractivity contribution is 0.102. The number of rotatable bonds is 5. The van der Waals surface area contributed by atoms with Crippen LogP contribution in [0.5, 0.6) is 0 Å². The van der Waals surface area contributed by atoms with E-state index in [0.717, 1.165) is 0 Å². The number of nitrogens with zero attached hydrogens (tertiary/aromatic N) is 3. The van der Waals surface area contributed by atoms with E-state index in [9.17, 15) is 17.6 Å². The molecule has 0 radical (unpaired) electrons. The van der Waals surface area contributed by atoms with Gasteiger partial charge in [0.25, 0.3) is 5.91 Å². The zero-order valence-corrected chi connectivity index (χ0v) is 15.0. The second-order valence-electron chi connectivity index (χ2n) is 6.07. The van der Waals surface area contributed by atoms with Gasteiger partial charge >= 0.3 is 0 Å². The van der Waals surface area contributed by atoms with Crippen LogP contribution in [0.15, 0.2) is 36.7 Å². The van der Waals surface area contributed by atoms with E-state index < -0.39 is 21.6 Å². The molecule has 9 heteroatoms. The topological polar surface area (TPSA) is 92.3 Å². The van der Waals surface area contributed by atoms with Gasteiger partial charge in [0.15, 0.2) is 9.84 Å². The first-order chi connectivity index (χ1) is 12.4. The number of carbonyl (C=O) groups is 1. The van der Waals surface area contributed by atoms with Gasteiger partial charge in [0.05, 0.1) is 23.9 Å². The predicted molar refractivity (Wildman–Crippen MR) is 96.5 cm³/mol. The van der Waals surface area contributed by atoms with Crippen LogP contribution in [0.1, 0.15) is 23.8 Å². The number of benzene rings is 1. The molecule has 0 spiro atoms. The molecule has 0 aliphatic carbocycles. The Morgan fingerprint density at radius 2 is 2.15 bits per heavy atom. The number of anilines is 2. The lowest BCUT2D eigenvalue weighted by Crippen LogP contribution is -2.36. The molecule has 2 aromatic rings. The highest BCUT2D eigenvalue weighted by molar-refractivity contribution is 7.91. The van der Waals surface area contributed by atoms with Crippen molar-refractivity contribution in [3.05, 3.63) is 48.2 Å². The molecule has 2 heterocycles. The quantitative estimate of drug-likeness (QED) is 0.854. The lowest BCUT2D eigenvalue weighted by atomic mass is 10.2. The van der Waals surface area contributed by atoms with Crippen LogP contribution in [-0.4, -0.2) is 48.4 Å². The summed E-state index contributed by atoms with van der Waals surface area (Å²) in [6.07, 6.45) is 3.34. The van der Waals surface area contributed by atoms with Gasteiger partial charge in [-0.25, -0.2) is 22.8 Å².